The number of carboxylic acid groups (broad SMARTS) is 1. The molecule has 0 radical (unpaired) electrons. The van der Waals surface area contributed by atoms with Gasteiger partial charge in [-0.25, -0.2) is 4.98 Å². The number of aryl methyl sites for hydroxylation is 1. The van der Waals surface area contributed by atoms with Gasteiger partial charge in [0.05, 0.1) is 12.0 Å². The molecule has 5 heteroatoms. The van der Waals surface area contributed by atoms with Crippen molar-refractivity contribution in [2.45, 2.75) is 38.9 Å². The Labute approximate surface area is 88.1 Å². The molecular weight excluding hydrogens is 194 g/mol. The van der Waals surface area contributed by atoms with Crippen LogP contribution in [0.4, 0.5) is 0 Å². The Hall–Kier alpha value is -1.36. The van der Waals surface area contributed by atoms with Gasteiger partial charge in [0.25, 0.3) is 0 Å². The average Bonchev–Trinajstić information content (AvgIpc) is 2.61. The molecular formula is C10H15N3O2. The number of nitrogens with zero attached hydrogens (tertiary/aromatic N) is 2. The van der Waals surface area contributed by atoms with E-state index in [1.807, 2.05) is 0 Å². The summed E-state index contributed by atoms with van der Waals surface area (Å²) in [6.45, 7) is 3.57. The molecule has 1 aliphatic heterocycles. The lowest BCUT2D eigenvalue weighted by molar-refractivity contribution is -0.139. The van der Waals surface area contributed by atoms with Crippen molar-refractivity contribution in [1.29, 1.82) is 0 Å². The number of hydrogen-bond acceptors (Lipinski definition) is 3. The zero-order valence-corrected chi connectivity index (χ0v) is 8.73. The zero-order valence-electron chi connectivity index (χ0n) is 8.73. The fourth-order valence-electron chi connectivity index (χ4n) is 1.93. The van der Waals surface area contributed by atoms with Crippen molar-refractivity contribution in [2.75, 3.05) is 0 Å². The van der Waals surface area contributed by atoms with Gasteiger partial charge in [0.2, 0.25) is 0 Å². The van der Waals surface area contributed by atoms with Crippen molar-refractivity contribution in [2.24, 2.45) is 0 Å². The third-order valence-electron chi connectivity index (χ3n) is 2.71. The molecule has 2 heterocycles. The van der Waals surface area contributed by atoms with Crippen molar-refractivity contribution >= 4 is 5.97 Å². The second kappa shape index (κ2) is 4.02. The van der Waals surface area contributed by atoms with Crippen LogP contribution in [-0.4, -0.2) is 26.7 Å². The molecule has 0 amide bonds. The zero-order chi connectivity index (χ0) is 10.8. The van der Waals surface area contributed by atoms with Crippen LogP contribution in [0.2, 0.25) is 0 Å². The van der Waals surface area contributed by atoms with Crippen LogP contribution in [0.25, 0.3) is 0 Å². The van der Waals surface area contributed by atoms with Gasteiger partial charge in [-0.2, -0.15) is 0 Å². The molecule has 15 heavy (non-hydrogen) atoms. The third kappa shape index (κ3) is 1.87. The first-order valence-electron chi connectivity index (χ1n) is 5.21. The van der Waals surface area contributed by atoms with Gasteiger partial charge in [-0.3, -0.25) is 10.1 Å². The quantitative estimate of drug-likeness (QED) is 0.755. The van der Waals surface area contributed by atoms with Gasteiger partial charge < -0.3 is 9.67 Å². The number of carboxylic acids is 1. The van der Waals surface area contributed by atoms with E-state index in [-0.39, 0.29) is 0 Å². The Morgan fingerprint density at radius 3 is 3.27 bits per heavy atom. The minimum Gasteiger partial charge on any atom is -0.480 e. The number of aromatic nitrogens is 2. The predicted molar refractivity (Wildman–Crippen MR) is 54.5 cm³/mol. The molecule has 0 aromatic carbocycles. The van der Waals surface area contributed by atoms with Gasteiger partial charge in [0.1, 0.15) is 6.04 Å². The summed E-state index contributed by atoms with van der Waals surface area (Å²) in [5, 5.41) is 11.9. The van der Waals surface area contributed by atoms with E-state index in [2.05, 4.69) is 21.8 Å². The van der Waals surface area contributed by atoms with Crippen LogP contribution in [0, 0.1) is 0 Å². The summed E-state index contributed by atoms with van der Waals surface area (Å²) in [4.78, 5) is 15.1. The molecule has 0 saturated heterocycles. The molecule has 1 atom stereocenters. The highest BCUT2D eigenvalue weighted by Crippen LogP contribution is 2.16. The van der Waals surface area contributed by atoms with Gasteiger partial charge in [0, 0.05) is 25.2 Å². The maximum absolute atomic E-state index is 10.9. The molecule has 0 bridgehead atoms. The Kier molecular flexibility index (Phi) is 2.73. The standard InChI is InChI=1S/C10H15N3O2/c1-2-3-13-6-12-8-5-11-7(10(14)15)4-9(8)13/h6-7,11H,2-5H2,1H3,(H,14,15). The SMILES string of the molecule is CCCn1cnc2c1CC(C(=O)O)NC2. The molecule has 2 N–H and O–H groups in total. The van der Waals surface area contributed by atoms with E-state index < -0.39 is 12.0 Å². The molecule has 0 aliphatic carbocycles. The van der Waals surface area contributed by atoms with Crippen molar-refractivity contribution < 1.29 is 9.90 Å². The molecule has 82 valence electrons. The van der Waals surface area contributed by atoms with E-state index >= 15 is 0 Å². The van der Waals surface area contributed by atoms with Crippen LogP contribution in [-0.2, 0) is 24.3 Å². The summed E-state index contributed by atoms with van der Waals surface area (Å²) < 4.78 is 2.06. The van der Waals surface area contributed by atoms with Crippen molar-refractivity contribution in [1.82, 2.24) is 14.9 Å². The normalized spacial score (nSPS) is 19.9. The molecule has 1 aromatic rings. The maximum atomic E-state index is 10.9. The van der Waals surface area contributed by atoms with Gasteiger partial charge in [0.15, 0.2) is 0 Å². The van der Waals surface area contributed by atoms with Gasteiger partial charge >= 0.3 is 5.97 Å². The van der Waals surface area contributed by atoms with Crippen LogP contribution in [0.5, 0.6) is 0 Å². The Bertz CT molecular complexity index is 373. The smallest absolute Gasteiger partial charge is 0.321 e. The predicted octanol–water partition coefficient (Wildman–Crippen LogP) is 0.392. The lowest BCUT2D eigenvalue weighted by Crippen LogP contribution is -2.42. The van der Waals surface area contributed by atoms with Crippen LogP contribution in [0.1, 0.15) is 24.7 Å². The number of imidazole rings is 1. The Morgan fingerprint density at radius 1 is 1.80 bits per heavy atom. The molecule has 1 aromatic heterocycles. The molecule has 0 fully saturated rings. The summed E-state index contributed by atoms with van der Waals surface area (Å²) in [5.41, 5.74) is 2.06. The highest BCUT2D eigenvalue weighted by Gasteiger charge is 2.26. The first kappa shape index (κ1) is 10.2. The number of nitrogens with one attached hydrogen (secondary N) is 1. The molecule has 1 unspecified atom stereocenters. The van der Waals surface area contributed by atoms with Gasteiger partial charge in [-0.15, -0.1) is 0 Å². The lowest BCUT2D eigenvalue weighted by atomic mass is 10.1. The number of fused-ring (bicyclic) bond motifs is 1. The summed E-state index contributed by atoms with van der Waals surface area (Å²) in [6.07, 6.45) is 3.37. The summed E-state index contributed by atoms with van der Waals surface area (Å²) >= 11 is 0. The second-order valence-corrected chi connectivity index (χ2v) is 3.81. The van der Waals surface area contributed by atoms with Crippen molar-refractivity contribution in [3.05, 3.63) is 17.7 Å². The summed E-state index contributed by atoms with van der Waals surface area (Å²) in [5.74, 6) is -0.787. The molecule has 2 rings (SSSR count). The van der Waals surface area contributed by atoms with Gasteiger partial charge in [-0.05, 0) is 6.42 Å². The largest absolute Gasteiger partial charge is 0.480 e. The van der Waals surface area contributed by atoms with E-state index in [0.29, 0.717) is 13.0 Å². The summed E-state index contributed by atoms with van der Waals surface area (Å²) in [7, 11) is 0. The van der Waals surface area contributed by atoms with Crippen LogP contribution in [0.3, 0.4) is 0 Å². The summed E-state index contributed by atoms with van der Waals surface area (Å²) in [6, 6.07) is -0.468. The molecule has 0 saturated carbocycles. The number of aliphatic carboxylic acids is 1. The van der Waals surface area contributed by atoms with Crippen molar-refractivity contribution in [3.8, 4) is 0 Å². The van der Waals surface area contributed by atoms with E-state index in [1.165, 1.54) is 0 Å². The topological polar surface area (TPSA) is 67.2 Å². The minimum absolute atomic E-state index is 0.468. The van der Waals surface area contributed by atoms with Gasteiger partial charge in [-0.1, -0.05) is 6.92 Å². The first-order chi connectivity index (χ1) is 7.22. The molecule has 5 nitrogen and oxygen atoms in total. The number of rotatable bonds is 3. The number of carbonyl (C=O) groups is 1. The van der Waals surface area contributed by atoms with E-state index in [9.17, 15) is 4.79 Å². The number of hydrogen-bond donors (Lipinski definition) is 2. The van der Waals surface area contributed by atoms with E-state index in [1.54, 1.807) is 6.33 Å². The Balaban J connectivity index is 2.22. The highest BCUT2D eigenvalue weighted by atomic mass is 16.4. The maximum Gasteiger partial charge on any atom is 0.321 e. The monoisotopic (exact) mass is 209 g/mol. The first-order valence-corrected chi connectivity index (χ1v) is 5.21. The lowest BCUT2D eigenvalue weighted by Gasteiger charge is -2.21. The fourth-order valence-corrected chi connectivity index (χ4v) is 1.93. The van der Waals surface area contributed by atoms with Crippen LogP contribution in [0.15, 0.2) is 6.33 Å². The average molecular weight is 209 g/mol. The highest BCUT2D eigenvalue weighted by molar-refractivity contribution is 5.74. The molecule has 1 aliphatic rings. The minimum atomic E-state index is -0.787. The second-order valence-electron chi connectivity index (χ2n) is 3.81. The van der Waals surface area contributed by atoms with Crippen LogP contribution < -0.4 is 5.32 Å². The Morgan fingerprint density at radius 2 is 2.60 bits per heavy atom. The van der Waals surface area contributed by atoms with Crippen LogP contribution >= 0.6 is 0 Å². The van der Waals surface area contributed by atoms with E-state index in [0.717, 1.165) is 24.4 Å². The fraction of sp³-hybridized carbons (Fsp3) is 0.600. The van der Waals surface area contributed by atoms with Crippen molar-refractivity contribution in [3.63, 3.8) is 0 Å². The van der Waals surface area contributed by atoms with E-state index in [4.69, 9.17) is 5.11 Å². The molecule has 0 spiro atoms. The third-order valence-corrected chi connectivity index (χ3v) is 2.71.